The van der Waals surface area contributed by atoms with E-state index >= 15 is 0 Å². The van der Waals surface area contributed by atoms with E-state index in [2.05, 4.69) is 5.32 Å². The van der Waals surface area contributed by atoms with Crippen LogP contribution >= 0.6 is 0 Å². The van der Waals surface area contributed by atoms with E-state index in [0.29, 0.717) is 12.5 Å². The van der Waals surface area contributed by atoms with E-state index in [1.807, 2.05) is 6.07 Å². The lowest BCUT2D eigenvalue weighted by molar-refractivity contribution is -0.128. The van der Waals surface area contributed by atoms with Gasteiger partial charge in [0.2, 0.25) is 5.91 Å². The number of nitrogens with zero attached hydrogens (tertiary/aromatic N) is 1. The maximum Gasteiger partial charge on any atom is 0.246 e. The average molecular weight is 211 g/mol. The molecule has 1 aliphatic carbocycles. The first kappa shape index (κ1) is 12.0. The highest BCUT2D eigenvalue weighted by molar-refractivity contribution is 5.77. The molecule has 0 aromatic heterocycles. The minimum atomic E-state index is -0.237. The average Bonchev–Trinajstić information content (AvgIpc) is 2.70. The summed E-state index contributed by atoms with van der Waals surface area (Å²) in [5, 5.41) is 10.7. The molecule has 2 atom stereocenters. The molecule has 1 aliphatic rings. The molecule has 3 N–H and O–H groups in total. The Kier molecular flexibility index (Phi) is 5.08. The van der Waals surface area contributed by atoms with Gasteiger partial charge in [0.05, 0.1) is 12.2 Å². The van der Waals surface area contributed by atoms with E-state index in [4.69, 9.17) is 15.7 Å². The molecule has 0 bridgehead atoms. The molecule has 2 unspecified atom stereocenters. The third-order valence-electron chi connectivity index (χ3n) is 2.69. The normalized spacial score (nSPS) is 24.8. The second kappa shape index (κ2) is 6.38. The molecule has 0 aromatic rings. The van der Waals surface area contributed by atoms with E-state index in [0.717, 1.165) is 19.3 Å². The summed E-state index contributed by atoms with van der Waals surface area (Å²) in [5.74, 6) is 0.146. The highest BCUT2D eigenvalue weighted by Crippen LogP contribution is 2.27. The molecule has 5 nitrogen and oxygen atoms in total. The molecule has 1 amide bonds. The molecular weight excluding hydrogens is 194 g/mol. The number of carbonyl (C=O) groups is 1. The van der Waals surface area contributed by atoms with Crippen molar-refractivity contribution in [2.45, 2.75) is 25.4 Å². The Morgan fingerprint density at radius 2 is 2.40 bits per heavy atom. The number of ether oxygens (including phenoxy) is 1. The third-order valence-corrected chi connectivity index (χ3v) is 2.69. The molecule has 0 heterocycles. The van der Waals surface area contributed by atoms with Gasteiger partial charge in [-0.05, 0) is 25.3 Å². The number of hydrogen-bond donors (Lipinski definition) is 2. The van der Waals surface area contributed by atoms with Gasteiger partial charge in [-0.25, -0.2) is 0 Å². The summed E-state index contributed by atoms with van der Waals surface area (Å²) in [6.45, 7) is 0.681. The Labute approximate surface area is 89.6 Å². The number of carbonyl (C=O) groups excluding carboxylic acids is 1. The first-order valence-electron chi connectivity index (χ1n) is 5.23. The van der Waals surface area contributed by atoms with E-state index in [1.54, 1.807) is 0 Å². The fourth-order valence-corrected chi connectivity index (χ4v) is 1.86. The number of nitrogens with one attached hydrogen (secondary N) is 1. The SMILES string of the molecule is N#CCNC(=O)COC1CCCC1CN. The number of nitriles is 1. The predicted molar refractivity (Wildman–Crippen MR) is 54.8 cm³/mol. The van der Waals surface area contributed by atoms with Gasteiger partial charge in [0, 0.05) is 0 Å². The Morgan fingerprint density at radius 1 is 1.60 bits per heavy atom. The van der Waals surface area contributed by atoms with Gasteiger partial charge in [-0.15, -0.1) is 0 Å². The minimum Gasteiger partial charge on any atom is -0.368 e. The maximum atomic E-state index is 11.1. The molecule has 0 spiro atoms. The topological polar surface area (TPSA) is 88.1 Å². The summed E-state index contributed by atoms with van der Waals surface area (Å²) in [6, 6.07) is 1.84. The van der Waals surface area contributed by atoms with E-state index in [-0.39, 0.29) is 25.2 Å². The quantitative estimate of drug-likeness (QED) is 0.615. The lowest BCUT2D eigenvalue weighted by Gasteiger charge is -2.17. The van der Waals surface area contributed by atoms with Crippen molar-refractivity contribution < 1.29 is 9.53 Å². The van der Waals surface area contributed by atoms with E-state index in [9.17, 15) is 4.79 Å². The van der Waals surface area contributed by atoms with Gasteiger partial charge >= 0.3 is 0 Å². The van der Waals surface area contributed by atoms with Gasteiger partial charge in [-0.2, -0.15) is 5.26 Å². The summed E-state index contributed by atoms with van der Waals surface area (Å²) >= 11 is 0. The molecule has 0 aromatic carbocycles. The molecule has 0 saturated heterocycles. The summed E-state index contributed by atoms with van der Waals surface area (Å²) in [7, 11) is 0. The van der Waals surface area contributed by atoms with Crippen LogP contribution < -0.4 is 11.1 Å². The second-order valence-corrected chi connectivity index (χ2v) is 3.71. The maximum absolute atomic E-state index is 11.1. The van der Waals surface area contributed by atoms with Crippen molar-refractivity contribution in [3.63, 3.8) is 0 Å². The smallest absolute Gasteiger partial charge is 0.246 e. The van der Waals surface area contributed by atoms with Crippen molar-refractivity contribution in [2.24, 2.45) is 11.7 Å². The van der Waals surface area contributed by atoms with Gasteiger partial charge in [0.25, 0.3) is 0 Å². The summed E-state index contributed by atoms with van der Waals surface area (Å²) in [5.41, 5.74) is 5.59. The molecule has 15 heavy (non-hydrogen) atoms. The third kappa shape index (κ3) is 3.86. The Bertz CT molecular complexity index is 250. The lowest BCUT2D eigenvalue weighted by Crippen LogP contribution is -2.32. The van der Waals surface area contributed by atoms with E-state index in [1.165, 1.54) is 0 Å². The first-order valence-corrected chi connectivity index (χ1v) is 5.23. The summed E-state index contributed by atoms with van der Waals surface area (Å²) < 4.78 is 5.46. The molecule has 84 valence electrons. The monoisotopic (exact) mass is 211 g/mol. The van der Waals surface area contributed by atoms with Crippen molar-refractivity contribution in [1.82, 2.24) is 5.32 Å². The van der Waals surface area contributed by atoms with Crippen LogP contribution in [-0.4, -0.2) is 31.7 Å². The zero-order chi connectivity index (χ0) is 11.1. The molecule has 1 fully saturated rings. The van der Waals surface area contributed by atoms with Crippen LogP contribution in [0.1, 0.15) is 19.3 Å². The Morgan fingerprint density at radius 3 is 3.07 bits per heavy atom. The second-order valence-electron chi connectivity index (χ2n) is 3.71. The fraction of sp³-hybridized carbons (Fsp3) is 0.800. The number of amides is 1. The largest absolute Gasteiger partial charge is 0.368 e. The highest BCUT2D eigenvalue weighted by atomic mass is 16.5. The number of nitrogens with two attached hydrogens (primary N) is 1. The standard InChI is InChI=1S/C10H17N3O2/c11-4-5-13-10(14)7-15-9-3-1-2-8(9)6-12/h8-9H,1-3,5-7,12H2,(H,13,14). The Hall–Kier alpha value is -1.12. The van der Waals surface area contributed by atoms with Crippen LogP contribution in [0.4, 0.5) is 0 Å². The van der Waals surface area contributed by atoms with Gasteiger partial charge in [0.15, 0.2) is 0 Å². The molecular formula is C10H17N3O2. The summed E-state index contributed by atoms with van der Waals surface area (Å²) in [6.07, 6.45) is 3.30. The molecule has 1 saturated carbocycles. The van der Waals surface area contributed by atoms with Crippen LogP contribution in [0.25, 0.3) is 0 Å². The van der Waals surface area contributed by atoms with Gasteiger partial charge in [-0.1, -0.05) is 6.42 Å². The molecule has 0 aliphatic heterocycles. The van der Waals surface area contributed by atoms with Crippen LogP contribution in [-0.2, 0) is 9.53 Å². The van der Waals surface area contributed by atoms with Crippen molar-refractivity contribution >= 4 is 5.91 Å². The predicted octanol–water partition coefficient (Wildman–Crippen LogP) is -0.230. The first-order chi connectivity index (χ1) is 7.27. The number of hydrogen-bond acceptors (Lipinski definition) is 4. The van der Waals surface area contributed by atoms with Crippen molar-refractivity contribution in [2.75, 3.05) is 19.7 Å². The van der Waals surface area contributed by atoms with Crippen LogP contribution in [0, 0.1) is 17.2 Å². The lowest BCUT2D eigenvalue weighted by atomic mass is 10.1. The fourth-order valence-electron chi connectivity index (χ4n) is 1.86. The zero-order valence-electron chi connectivity index (χ0n) is 8.74. The van der Waals surface area contributed by atoms with E-state index < -0.39 is 0 Å². The summed E-state index contributed by atoms with van der Waals surface area (Å²) in [4.78, 5) is 11.1. The van der Waals surface area contributed by atoms with Gasteiger partial charge in [0.1, 0.15) is 13.2 Å². The van der Waals surface area contributed by atoms with Crippen LogP contribution in [0.5, 0.6) is 0 Å². The van der Waals surface area contributed by atoms with Crippen molar-refractivity contribution in [3.05, 3.63) is 0 Å². The van der Waals surface area contributed by atoms with Gasteiger partial charge in [-0.3, -0.25) is 4.79 Å². The van der Waals surface area contributed by atoms with Crippen LogP contribution in [0.15, 0.2) is 0 Å². The highest BCUT2D eigenvalue weighted by Gasteiger charge is 2.27. The molecule has 1 rings (SSSR count). The minimum absolute atomic E-state index is 0.0306. The number of rotatable bonds is 5. The van der Waals surface area contributed by atoms with Crippen molar-refractivity contribution in [1.29, 1.82) is 5.26 Å². The van der Waals surface area contributed by atoms with Crippen LogP contribution in [0.3, 0.4) is 0 Å². The molecule has 0 radical (unpaired) electrons. The van der Waals surface area contributed by atoms with Crippen LogP contribution in [0.2, 0.25) is 0 Å². The Balaban J connectivity index is 2.19. The van der Waals surface area contributed by atoms with Crippen molar-refractivity contribution in [3.8, 4) is 6.07 Å². The zero-order valence-corrected chi connectivity index (χ0v) is 8.74. The molecule has 5 heteroatoms. The van der Waals surface area contributed by atoms with Gasteiger partial charge < -0.3 is 15.8 Å².